The van der Waals surface area contributed by atoms with Crippen molar-refractivity contribution in [1.82, 2.24) is 20.4 Å². The Kier molecular flexibility index (Phi) is 6.19. The number of hydrogen-bond donors (Lipinski definition) is 2. The van der Waals surface area contributed by atoms with Crippen molar-refractivity contribution in [2.45, 2.75) is 47.9 Å². The number of fused-ring (bicyclic) bond motifs is 1. The molecule has 5 rings (SSSR count). The minimum atomic E-state index is -4.53. The summed E-state index contributed by atoms with van der Waals surface area (Å²) in [5, 5.41) is 10.2. The molecule has 182 valence electrons. The second-order valence-electron chi connectivity index (χ2n) is 8.42. The molecule has 2 aliphatic rings. The molecule has 0 radical (unpaired) electrons. The lowest BCUT2D eigenvalue weighted by Gasteiger charge is -2.33. The van der Waals surface area contributed by atoms with Crippen LogP contribution in [0, 0.1) is 0 Å². The first kappa shape index (κ1) is 23.4. The lowest BCUT2D eigenvalue weighted by molar-refractivity contribution is -0.119. The molecule has 13 heteroatoms. The number of benzene rings is 1. The van der Waals surface area contributed by atoms with E-state index in [0.29, 0.717) is 41.6 Å². The maximum Gasteiger partial charge on any atom is 0.446 e. The molecule has 2 fully saturated rings. The van der Waals surface area contributed by atoms with Gasteiger partial charge in [0.1, 0.15) is 12.2 Å². The summed E-state index contributed by atoms with van der Waals surface area (Å²) in [5.41, 5.74) is -3.96. The van der Waals surface area contributed by atoms with Crippen molar-refractivity contribution in [2.24, 2.45) is 0 Å². The van der Waals surface area contributed by atoms with E-state index in [2.05, 4.69) is 20.8 Å². The highest BCUT2D eigenvalue weighted by atomic mass is 32.2. The number of amides is 1. The van der Waals surface area contributed by atoms with Crippen molar-refractivity contribution < 1.29 is 26.9 Å². The third kappa shape index (κ3) is 4.73. The first-order chi connectivity index (χ1) is 16.2. The van der Waals surface area contributed by atoms with E-state index in [0.717, 1.165) is 17.9 Å². The standard InChI is InChI=1S/C21H21F4N5O2S2/c1-30-8-7-12(11(22)9-30)26-13-4-2-3-10-16(13)33-18(17(10)34-21(23,24)25)19-28-20(32-29-19)14-5-6-15(31)27-14/h2-4,11-12,14,26H,5-9H2,1H3,(H,27,31). The first-order valence-corrected chi connectivity index (χ1v) is 12.3. The highest BCUT2D eigenvalue weighted by Crippen LogP contribution is 2.50. The summed E-state index contributed by atoms with van der Waals surface area (Å²) in [6, 6.07) is 4.11. The lowest BCUT2D eigenvalue weighted by atomic mass is 10.0. The highest BCUT2D eigenvalue weighted by Gasteiger charge is 2.35. The third-order valence-corrected chi connectivity index (χ3v) is 8.14. The molecule has 3 aromatic rings. The van der Waals surface area contributed by atoms with Gasteiger partial charge in [0.25, 0.3) is 0 Å². The van der Waals surface area contributed by atoms with Gasteiger partial charge in [-0.25, -0.2) is 4.39 Å². The summed E-state index contributed by atoms with van der Waals surface area (Å²) in [6.45, 7) is 1.02. The third-order valence-electron chi connectivity index (χ3n) is 5.91. The number of nitrogens with one attached hydrogen (secondary N) is 2. The Balaban J connectivity index is 1.53. The molecule has 0 saturated carbocycles. The van der Waals surface area contributed by atoms with Gasteiger partial charge in [-0.05, 0) is 37.7 Å². The zero-order valence-electron chi connectivity index (χ0n) is 18.0. The summed E-state index contributed by atoms with van der Waals surface area (Å²) < 4.78 is 60.9. The Bertz CT molecular complexity index is 1210. The molecule has 0 bridgehead atoms. The van der Waals surface area contributed by atoms with Crippen LogP contribution in [0.25, 0.3) is 20.8 Å². The molecule has 34 heavy (non-hydrogen) atoms. The second-order valence-corrected chi connectivity index (χ2v) is 10.5. The number of rotatable bonds is 5. The minimum absolute atomic E-state index is 0.0257. The van der Waals surface area contributed by atoms with E-state index < -0.39 is 23.8 Å². The van der Waals surface area contributed by atoms with E-state index in [4.69, 9.17) is 4.52 Å². The van der Waals surface area contributed by atoms with Gasteiger partial charge < -0.3 is 20.1 Å². The fourth-order valence-electron chi connectivity index (χ4n) is 4.26. The van der Waals surface area contributed by atoms with Crippen LogP contribution in [0.2, 0.25) is 0 Å². The average molecular weight is 516 g/mol. The van der Waals surface area contributed by atoms with Gasteiger partial charge in [0.05, 0.1) is 21.3 Å². The second kappa shape index (κ2) is 9.00. The number of carbonyl (C=O) groups excluding carboxylic acids is 1. The monoisotopic (exact) mass is 515 g/mol. The normalized spacial score (nSPS) is 24.0. The fourth-order valence-corrected chi connectivity index (χ4v) is 6.37. The van der Waals surface area contributed by atoms with Crippen LogP contribution in [0.3, 0.4) is 0 Å². The van der Waals surface area contributed by atoms with Crippen molar-refractivity contribution in [3.63, 3.8) is 0 Å². The van der Waals surface area contributed by atoms with Gasteiger partial charge in [-0.1, -0.05) is 17.3 Å². The van der Waals surface area contributed by atoms with E-state index in [1.807, 2.05) is 11.9 Å². The van der Waals surface area contributed by atoms with E-state index in [-0.39, 0.29) is 39.2 Å². The highest BCUT2D eigenvalue weighted by molar-refractivity contribution is 8.00. The zero-order valence-corrected chi connectivity index (χ0v) is 19.6. The zero-order chi connectivity index (χ0) is 24.0. The molecular formula is C21H21F4N5O2S2. The summed E-state index contributed by atoms with van der Waals surface area (Å²) in [6.07, 6.45) is 0.282. The largest absolute Gasteiger partial charge is 0.446 e. The van der Waals surface area contributed by atoms with Crippen LogP contribution in [-0.2, 0) is 4.79 Å². The average Bonchev–Trinajstić information content (AvgIpc) is 3.48. The Hall–Kier alpha value is -2.38. The van der Waals surface area contributed by atoms with E-state index in [1.165, 1.54) is 0 Å². The van der Waals surface area contributed by atoms with Gasteiger partial charge in [0.15, 0.2) is 0 Å². The smallest absolute Gasteiger partial charge is 0.378 e. The maximum atomic E-state index is 14.6. The van der Waals surface area contributed by atoms with Crippen LogP contribution in [-0.4, -0.2) is 58.8 Å². The Morgan fingerprint density at radius 3 is 2.85 bits per heavy atom. The van der Waals surface area contributed by atoms with Crippen molar-refractivity contribution >= 4 is 44.8 Å². The Morgan fingerprint density at radius 1 is 1.32 bits per heavy atom. The van der Waals surface area contributed by atoms with Crippen LogP contribution >= 0.6 is 23.1 Å². The molecule has 1 amide bonds. The number of piperidine rings is 1. The van der Waals surface area contributed by atoms with Crippen LogP contribution in [0.15, 0.2) is 27.6 Å². The quantitative estimate of drug-likeness (QED) is 0.367. The fraction of sp³-hybridized carbons (Fsp3) is 0.476. The van der Waals surface area contributed by atoms with Crippen LogP contribution in [0.5, 0.6) is 0 Å². The van der Waals surface area contributed by atoms with Crippen molar-refractivity contribution in [3.05, 3.63) is 24.1 Å². The molecular weight excluding hydrogens is 494 g/mol. The molecule has 3 unspecified atom stereocenters. The molecule has 7 nitrogen and oxygen atoms in total. The van der Waals surface area contributed by atoms with Gasteiger partial charge >= 0.3 is 5.51 Å². The number of hydrogen-bond acceptors (Lipinski definition) is 8. The molecule has 2 N–H and O–H groups in total. The number of thiophene rings is 1. The topological polar surface area (TPSA) is 83.3 Å². The molecule has 4 heterocycles. The molecule has 0 spiro atoms. The van der Waals surface area contributed by atoms with Gasteiger partial charge in [-0.3, -0.25) is 4.79 Å². The van der Waals surface area contributed by atoms with E-state index in [1.54, 1.807) is 18.2 Å². The maximum absolute atomic E-state index is 14.6. The van der Waals surface area contributed by atoms with Crippen molar-refractivity contribution in [1.29, 1.82) is 0 Å². The Morgan fingerprint density at radius 2 is 2.15 bits per heavy atom. The molecule has 2 saturated heterocycles. The van der Waals surface area contributed by atoms with E-state index >= 15 is 0 Å². The van der Waals surface area contributed by atoms with Gasteiger partial charge in [-0.15, -0.1) is 11.3 Å². The Labute approximate surface area is 200 Å². The number of nitrogens with zero attached hydrogens (tertiary/aromatic N) is 3. The number of aromatic nitrogens is 2. The van der Waals surface area contributed by atoms with Crippen LogP contribution < -0.4 is 10.6 Å². The van der Waals surface area contributed by atoms with Crippen molar-refractivity contribution in [3.8, 4) is 10.7 Å². The van der Waals surface area contributed by atoms with Crippen LogP contribution in [0.4, 0.5) is 23.2 Å². The molecule has 2 aliphatic heterocycles. The summed E-state index contributed by atoms with van der Waals surface area (Å²) >= 11 is 0.869. The summed E-state index contributed by atoms with van der Waals surface area (Å²) in [4.78, 5) is 17.9. The molecule has 3 atom stereocenters. The van der Waals surface area contributed by atoms with Gasteiger partial charge in [0.2, 0.25) is 17.6 Å². The SMILES string of the molecule is CN1CCC(Nc2cccc3c(SC(F)(F)F)c(-c4noc(C5CCC(=O)N5)n4)sc23)C(F)C1. The number of anilines is 1. The summed E-state index contributed by atoms with van der Waals surface area (Å²) in [7, 11) is 1.85. The first-order valence-electron chi connectivity index (χ1n) is 10.7. The van der Waals surface area contributed by atoms with Crippen molar-refractivity contribution in [2.75, 3.05) is 25.5 Å². The number of thioether (sulfide) groups is 1. The minimum Gasteiger partial charge on any atom is -0.378 e. The van der Waals surface area contributed by atoms with Crippen LogP contribution in [0.1, 0.15) is 31.2 Å². The number of likely N-dealkylation sites (tertiary alicyclic amines) is 1. The molecule has 2 aromatic heterocycles. The van der Waals surface area contributed by atoms with Gasteiger partial charge in [-0.2, -0.15) is 18.2 Å². The number of alkyl halides is 4. The lowest BCUT2D eigenvalue weighted by Crippen LogP contribution is -2.46. The van der Waals surface area contributed by atoms with E-state index in [9.17, 15) is 22.4 Å². The summed E-state index contributed by atoms with van der Waals surface area (Å²) in [5.74, 6) is 0.0413. The predicted molar refractivity (Wildman–Crippen MR) is 122 cm³/mol. The molecule has 0 aliphatic carbocycles. The van der Waals surface area contributed by atoms with Gasteiger partial charge in [0, 0.05) is 29.8 Å². The number of carbonyl (C=O) groups is 1. The predicted octanol–water partition coefficient (Wildman–Crippen LogP) is 4.97. The molecule has 1 aromatic carbocycles. The number of halogens is 4.